The number of nitro groups is 1. The molecule has 0 unspecified atom stereocenters. The highest BCUT2D eigenvalue weighted by molar-refractivity contribution is 7.92. The zero-order chi connectivity index (χ0) is 14.8. The molecule has 10 heteroatoms. The van der Waals surface area contributed by atoms with Crippen molar-refractivity contribution >= 4 is 27.2 Å². The number of hydrogen-bond donors (Lipinski definition) is 2. The van der Waals surface area contributed by atoms with Gasteiger partial charge < -0.3 is 9.84 Å². The van der Waals surface area contributed by atoms with E-state index in [1.807, 2.05) is 0 Å². The maximum Gasteiger partial charge on any atom is 0.271 e. The molecule has 106 valence electrons. The number of rotatable bonds is 5. The Balaban J connectivity index is 2.43. The molecule has 0 radical (unpaired) electrons. The average Bonchev–Trinajstić information content (AvgIpc) is 2.89. The molecule has 0 saturated carbocycles. The van der Waals surface area contributed by atoms with Crippen LogP contribution in [0.15, 0.2) is 39.9 Å². The third-order valence-corrected chi connectivity index (χ3v) is 3.82. The molecule has 1 aromatic heterocycles. The summed E-state index contributed by atoms with van der Waals surface area (Å²) in [6.45, 7) is 0. The van der Waals surface area contributed by atoms with Gasteiger partial charge in [0, 0.05) is 25.2 Å². The number of anilines is 2. The molecule has 2 N–H and O–H groups in total. The molecule has 2 aromatic rings. The molecule has 0 spiro atoms. The number of hydrogen-bond acceptors (Lipinski definition) is 7. The summed E-state index contributed by atoms with van der Waals surface area (Å²) >= 11 is 0. The fraction of sp³-hybridized carbons (Fsp3) is 0.100. The van der Waals surface area contributed by atoms with E-state index in [0.717, 1.165) is 18.2 Å². The van der Waals surface area contributed by atoms with E-state index in [-0.39, 0.29) is 22.1 Å². The zero-order valence-electron chi connectivity index (χ0n) is 10.2. The average molecular weight is 298 g/mol. The van der Waals surface area contributed by atoms with Crippen molar-refractivity contribution in [1.29, 1.82) is 0 Å². The number of benzene rings is 1. The van der Waals surface area contributed by atoms with Crippen LogP contribution in [-0.2, 0) is 10.0 Å². The summed E-state index contributed by atoms with van der Waals surface area (Å²) in [5.41, 5.74) is -0.107. The summed E-state index contributed by atoms with van der Waals surface area (Å²) < 4.78 is 31.0. The van der Waals surface area contributed by atoms with Crippen LogP contribution in [-0.4, -0.2) is 25.5 Å². The molecule has 0 fully saturated rings. The molecule has 0 bridgehead atoms. The first kappa shape index (κ1) is 13.8. The highest BCUT2D eigenvalue weighted by Gasteiger charge is 2.21. The monoisotopic (exact) mass is 298 g/mol. The van der Waals surface area contributed by atoms with Gasteiger partial charge >= 0.3 is 0 Å². The minimum atomic E-state index is -3.93. The molecular formula is C10H10N4O5S. The van der Waals surface area contributed by atoms with Crippen molar-refractivity contribution in [2.75, 3.05) is 17.1 Å². The van der Waals surface area contributed by atoms with Crippen molar-refractivity contribution in [2.24, 2.45) is 0 Å². The summed E-state index contributed by atoms with van der Waals surface area (Å²) in [7, 11) is -2.46. The first-order valence-corrected chi connectivity index (χ1v) is 6.82. The topological polar surface area (TPSA) is 127 Å². The fourth-order valence-corrected chi connectivity index (χ4v) is 2.71. The molecule has 0 amide bonds. The Morgan fingerprint density at radius 1 is 1.35 bits per heavy atom. The number of nitrogens with one attached hydrogen (secondary N) is 2. The van der Waals surface area contributed by atoms with Crippen molar-refractivity contribution in [3.8, 4) is 0 Å². The molecule has 20 heavy (non-hydrogen) atoms. The van der Waals surface area contributed by atoms with Crippen molar-refractivity contribution in [3.05, 3.63) is 40.6 Å². The Kier molecular flexibility index (Phi) is 3.57. The minimum Gasteiger partial charge on any atom is -0.387 e. The minimum absolute atomic E-state index is 0.0189. The molecule has 1 heterocycles. The largest absolute Gasteiger partial charge is 0.387 e. The Morgan fingerprint density at radius 2 is 2.10 bits per heavy atom. The van der Waals surface area contributed by atoms with Gasteiger partial charge in [-0.3, -0.25) is 14.8 Å². The Morgan fingerprint density at radius 3 is 2.65 bits per heavy atom. The van der Waals surface area contributed by atoms with Gasteiger partial charge in [0.15, 0.2) is 5.82 Å². The summed E-state index contributed by atoms with van der Waals surface area (Å²) in [6, 6.07) is 4.73. The maximum atomic E-state index is 12.2. The first-order valence-electron chi connectivity index (χ1n) is 5.33. The lowest BCUT2D eigenvalue weighted by Crippen LogP contribution is -2.15. The van der Waals surface area contributed by atoms with E-state index in [1.54, 1.807) is 0 Å². The summed E-state index contributed by atoms with van der Waals surface area (Å²) in [6.07, 6.45) is 1.21. The van der Waals surface area contributed by atoms with Gasteiger partial charge in [-0.05, 0) is 6.07 Å². The second-order valence-corrected chi connectivity index (χ2v) is 5.33. The lowest BCUT2D eigenvalue weighted by atomic mass is 10.3. The lowest BCUT2D eigenvalue weighted by Gasteiger charge is -2.10. The van der Waals surface area contributed by atoms with Crippen molar-refractivity contribution in [2.45, 2.75) is 4.90 Å². The molecule has 0 saturated heterocycles. The predicted molar refractivity (Wildman–Crippen MR) is 70.0 cm³/mol. The van der Waals surface area contributed by atoms with E-state index in [0.29, 0.717) is 0 Å². The van der Waals surface area contributed by atoms with Gasteiger partial charge in [-0.25, -0.2) is 8.42 Å². The lowest BCUT2D eigenvalue weighted by molar-refractivity contribution is -0.384. The third kappa shape index (κ3) is 2.69. The molecule has 0 aliphatic carbocycles. The second kappa shape index (κ2) is 5.17. The standard InChI is InChI=1S/C10H10N4O5S/c1-11-8-6-7(14(15)16)2-3-9(8)20(17,18)13-10-4-5-19-12-10/h2-6,11H,1H3,(H,12,13). The number of aromatic nitrogens is 1. The van der Waals surface area contributed by atoms with E-state index in [2.05, 4.69) is 19.7 Å². The van der Waals surface area contributed by atoms with Gasteiger partial charge in [0.05, 0.1) is 10.6 Å². The van der Waals surface area contributed by atoms with Crippen molar-refractivity contribution in [1.82, 2.24) is 5.16 Å². The number of non-ortho nitro benzene ring substituents is 1. The van der Waals surface area contributed by atoms with Gasteiger partial charge in [0.2, 0.25) is 0 Å². The van der Waals surface area contributed by atoms with Crippen LogP contribution in [0.1, 0.15) is 0 Å². The van der Waals surface area contributed by atoms with Gasteiger partial charge in [0.25, 0.3) is 15.7 Å². The van der Waals surface area contributed by atoms with Crippen LogP contribution in [0.25, 0.3) is 0 Å². The Labute approximate surface area is 113 Å². The number of nitrogens with zero attached hydrogens (tertiary/aromatic N) is 2. The summed E-state index contributed by atoms with van der Waals surface area (Å²) in [5.74, 6) is 0.0189. The van der Waals surface area contributed by atoms with Crippen LogP contribution in [0.2, 0.25) is 0 Å². The SMILES string of the molecule is CNc1cc([N+](=O)[O-])ccc1S(=O)(=O)Nc1ccon1. The van der Waals surface area contributed by atoms with Gasteiger partial charge in [-0.15, -0.1) is 0 Å². The normalized spacial score (nSPS) is 11.1. The highest BCUT2D eigenvalue weighted by atomic mass is 32.2. The Bertz CT molecular complexity index is 726. The maximum absolute atomic E-state index is 12.2. The van der Waals surface area contributed by atoms with E-state index in [4.69, 9.17) is 0 Å². The fourth-order valence-electron chi connectivity index (χ4n) is 1.52. The van der Waals surface area contributed by atoms with E-state index in [9.17, 15) is 18.5 Å². The molecule has 1 aromatic carbocycles. The predicted octanol–water partition coefficient (Wildman–Crippen LogP) is 1.43. The van der Waals surface area contributed by atoms with Crippen LogP contribution < -0.4 is 10.0 Å². The smallest absolute Gasteiger partial charge is 0.271 e. The van der Waals surface area contributed by atoms with E-state index >= 15 is 0 Å². The van der Waals surface area contributed by atoms with Crippen LogP contribution in [0, 0.1) is 10.1 Å². The number of sulfonamides is 1. The molecule has 0 atom stereocenters. The third-order valence-electron chi connectivity index (χ3n) is 2.41. The highest BCUT2D eigenvalue weighted by Crippen LogP contribution is 2.27. The van der Waals surface area contributed by atoms with E-state index in [1.165, 1.54) is 19.4 Å². The quantitative estimate of drug-likeness (QED) is 0.631. The van der Waals surface area contributed by atoms with Gasteiger partial charge in [0.1, 0.15) is 11.2 Å². The van der Waals surface area contributed by atoms with Crippen LogP contribution in [0.4, 0.5) is 17.2 Å². The van der Waals surface area contributed by atoms with Crippen LogP contribution in [0.5, 0.6) is 0 Å². The Hall–Kier alpha value is -2.62. The van der Waals surface area contributed by atoms with E-state index < -0.39 is 14.9 Å². The molecule has 0 aliphatic heterocycles. The molecule has 2 rings (SSSR count). The second-order valence-electron chi connectivity index (χ2n) is 3.68. The van der Waals surface area contributed by atoms with Crippen molar-refractivity contribution < 1.29 is 17.9 Å². The molecular weight excluding hydrogens is 288 g/mol. The zero-order valence-corrected chi connectivity index (χ0v) is 11.0. The van der Waals surface area contributed by atoms with Crippen LogP contribution in [0.3, 0.4) is 0 Å². The van der Waals surface area contributed by atoms with Gasteiger partial charge in [-0.1, -0.05) is 5.16 Å². The molecule has 0 aliphatic rings. The molecule has 9 nitrogen and oxygen atoms in total. The van der Waals surface area contributed by atoms with Crippen molar-refractivity contribution in [3.63, 3.8) is 0 Å². The van der Waals surface area contributed by atoms with Crippen LogP contribution >= 0.6 is 0 Å². The van der Waals surface area contributed by atoms with Gasteiger partial charge in [-0.2, -0.15) is 0 Å². The summed E-state index contributed by atoms with van der Waals surface area (Å²) in [4.78, 5) is 9.94. The first-order chi connectivity index (χ1) is 9.44. The summed E-state index contributed by atoms with van der Waals surface area (Å²) in [5, 5.41) is 16.7. The number of nitro benzene ring substituents is 1.